The highest BCUT2D eigenvalue weighted by molar-refractivity contribution is 9.10. The summed E-state index contributed by atoms with van der Waals surface area (Å²) < 4.78 is 30.0. The predicted octanol–water partition coefficient (Wildman–Crippen LogP) is 3.30. The van der Waals surface area contributed by atoms with Crippen molar-refractivity contribution >= 4 is 43.4 Å². The summed E-state index contributed by atoms with van der Waals surface area (Å²) in [5.74, 6) is -2.04. The van der Waals surface area contributed by atoms with Gasteiger partial charge < -0.3 is 10.0 Å². The third-order valence-corrected chi connectivity index (χ3v) is 6.75. The van der Waals surface area contributed by atoms with E-state index in [1.165, 1.54) is 23.1 Å². The highest BCUT2D eigenvalue weighted by atomic mass is 79.9. The number of pyridine rings is 1. The fourth-order valence-electron chi connectivity index (χ4n) is 3.17. The molecule has 1 N–H and O–H groups in total. The van der Waals surface area contributed by atoms with E-state index in [9.17, 15) is 23.5 Å². The number of likely N-dealkylation sites (tertiary alicyclic amines) is 1. The van der Waals surface area contributed by atoms with Crippen molar-refractivity contribution in [2.45, 2.75) is 12.5 Å². The zero-order valence-electron chi connectivity index (χ0n) is 13.8. The number of nitrogens with zero attached hydrogens (tertiary/aromatic N) is 2. The maximum Gasteiger partial charge on any atom is 0.265 e. The van der Waals surface area contributed by atoms with Gasteiger partial charge in [0.1, 0.15) is 27.0 Å². The van der Waals surface area contributed by atoms with Gasteiger partial charge in [-0.3, -0.25) is 14.2 Å². The van der Waals surface area contributed by atoms with Crippen molar-refractivity contribution in [3.05, 3.63) is 61.7 Å². The Morgan fingerprint density at radius 2 is 1.93 bits per heavy atom. The molecule has 5 nitrogen and oxygen atoms in total. The van der Waals surface area contributed by atoms with Gasteiger partial charge in [0.15, 0.2) is 0 Å². The number of amides is 1. The van der Waals surface area contributed by atoms with E-state index in [1.807, 2.05) is 0 Å². The van der Waals surface area contributed by atoms with E-state index in [2.05, 4.69) is 15.9 Å². The van der Waals surface area contributed by atoms with Crippen LogP contribution >= 0.6 is 27.3 Å². The van der Waals surface area contributed by atoms with Crippen LogP contribution in [0.2, 0.25) is 0 Å². The number of carbonyl (C=O) groups excluding carboxylic acids is 1. The Labute approximate surface area is 164 Å². The number of aliphatic hydroxyl groups excluding tert-OH is 1. The number of benzene rings is 1. The molecule has 27 heavy (non-hydrogen) atoms. The van der Waals surface area contributed by atoms with Gasteiger partial charge in [-0.25, -0.2) is 8.78 Å². The normalized spacial score (nSPS) is 17.0. The number of hydrogen-bond donors (Lipinski definition) is 1. The minimum Gasteiger partial charge on any atom is -0.391 e. The molecule has 3 aromatic rings. The maximum atomic E-state index is 14.3. The minimum atomic E-state index is -0.871. The molecule has 1 fully saturated rings. The smallest absolute Gasteiger partial charge is 0.265 e. The summed E-state index contributed by atoms with van der Waals surface area (Å²) in [5.41, 5.74) is -1.08. The van der Waals surface area contributed by atoms with E-state index in [4.69, 9.17) is 0 Å². The Hall–Kier alpha value is -2.10. The second-order valence-electron chi connectivity index (χ2n) is 6.23. The van der Waals surface area contributed by atoms with Crippen molar-refractivity contribution in [3.8, 4) is 5.69 Å². The van der Waals surface area contributed by atoms with Crippen molar-refractivity contribution in [3.63, 3.8) is 0 Å². The van der Waals surface area contributed by atoms with Gasteiger partial charge >= 0.3 is 0 Å². The first-order chi connectivity index (χ1) is 12.9. The van der Waals surface area contributed by atoms with Crippen LogP contribution in [0.15, 0.2) is 39.6 Å². The zero-order chi connectivity index (χ0) is 19.3. The van der Waals surface area contributed by atoms with E-state index in [0.29, 0.717) is 27.7 Å². The van der Waals surface area contributed by atoms with Crippen LogP contribution in [0.5, 0.6) is 0 Å². The highest BCUT2D eigenvalue weighted by Crippen LogP contribution is 2.37. The number of aromatic nitrogens is 1. The fourth-order valence-corrected chi connectivity index (χ4v) is 5.20. The second kappa shape index (κ2) is 6.81. The molecule has 0 saturated carbocycles. The van der Waals surface area contributed by atoms with Crippen molar-refractivity contribution in [1.29, 1.82) is 0 Å². The van der Waals surface area contributed by atoms with E-state index in [1.54, 1.807) is 0 Å². The number of para-hydroxylation sites is 1. The van der Waals surface area contributed by atoms with Crippen LogP contribution in [0, 0.1) is 11.6 Å². The first-order valence-corrected chi connectivity index (χ1v) is 9.75. The number of hydrogen-bond acceptors (Lipinski definition) is 4. The summed E-state index contributed by atoms with van der Waals surface area (Å²) in [7, 11) is 0. The molecule has 1 saturated heterocycles. The van der Waals surface area contributed by atoms with Gasteiger partial charge in [0.05, 0.1) is 10.6 Å². The molecule has 0 spiro atoms. The average Bonchev–Trinajstić information content (AvgIpc) is 3.20. The predicted molar refractivity (Wildman–Crippen MR) is 102 cm³/mol. The minimum absolute atomic E-state index is 0.230. The molecular weight excluding hydrogens is 442 g/mol. The van der Waals surface area contributed by atoms with E-state index < -0.39 is 29.0 Å². The number of rotatable bonds is 2. The monoisotopic (exact) mass is 454 g/mol. The summed E-state index contributed by atoms with van der Waals surface area (Å²) in [6.45, 7) is 0.656. The van der Waals surface area contributed by atoms with Crippen molar-refractivity contribution in [2.75, 3.05) is 13.1 Å². The van der Waals surface area contributed by atoms with Crippen molar-refractivity contribution < 1.29 is 18.7 Å². The first-order valence-electron chi connectivity index (χ1n) is 8.14. The molecule has 0 bridgehead atoms. The van der Waals surface area contributed by atoms with Gasteiger partial charge in [-0.2, -0.15) is 0 Å². The Kier molecular flexibility index (Phi) is 4.61. The Morgan fingerprint density at radius 3 is 2.56 bits per heavy atom. The van der Waals surface area contributed by atoms with Gasteiger partial charge in [0.2, 0.25) is 0 Å². The number of aliphatic hydroxyl groups is 1. The van der Waals surface area contributed by atoms with Crippen LogP contribution < -0.4 is 5.56 Å². The molecule has 1 aliphatic rings. The van der Waals surface area contributed by atoms with Gasteiger partial charge in [-0.15, -0.1) is 11.3 Å². The molecule has 1 aromatic carbocycles. The van der Waals surface area contributed by atoms with Gasteiger partial charge in [0.25, 0.3) is 11.5 Å². The van der Waals surface area contributed by atoms with Crippen LogP contribution in [0.25, 0.3) is 15.9 Å². The number of fused-ring (bicyclic) bond motifs is 1. The SMILES string of the molecule is O=C(c1sc2c(ccc(=O)n2-c2c(F)cccc2F)c1Br)N1CCC(O)C1. The number of thiophene rings is 1. The Balaban J connectivity index is 1.93. The second-order valence-corrected chi connectivity index (χ2v) is 8.03. The maximum absolute atomic E-state index is 14.3. The van der Waals surface area contributed by atoms with Crippen LogP contribution in [0.4, 0.5) is 8.78 Å². The molecule has 1 aliphatic heterocycles. The van der Waals surface area contributed by atoms with Crippen LogP contribution in [0.3, 0.4) is 0 Å². The van der Waals surface area contributed by atoms with Gasteiger partial charge in [-0.05, 0) is 40.5 Å². The highest BCUT2D eigenvalue weighted by Gasteiger charge is 2.29. The molecule has 3 heterocycles. The lowest BCUT2D eigenvalue weighted by Crippen LogP contribution is -2.29. The topological polar surface area (TPSA) is 62.5 Å². The van der Waals surface area contributed by atoms with Crippen molar-refractivity contribution in [1.82, 2.24) is 9.47 Å². The lowest BCUT2D eigenvalue weighted by molar-refractivity contribution is 0.0769. The van der Waals surface area contributed by atoms with Crippen LogP contribution in [-0.2, 0) is 0 Å². The quantitative estimate of drug-likeness (QED) is 0.645. The molecule has 1 atom stereocenters. The molecule has 2 aromatic heterocycles. The number of β-amino-alcohol motifs (C(OH)–C–C–N with tert-alkyl or cyclic N) is 1. The standard InChI is InChI=1S/C18H13BrF2N2O3S/c19-14-10-4-5-13(25)23(15-11(20)2-1-3-12(15)21)18(10)27-16(14)17(26)22-7-6-9(24)8-22/h1-5,9,24H,6-8H2. The molecule has 140 valence electrons. The lowest BCUT2D eigenvalue weighted by Gasteiger charge is -2.14. The summed E-state index contributed by atoms with van der Waals surface area (Å²) in [6, 6.07) is 6.09. The summed E-state index contributed by atoms with van der Waals surface area (Å²) in [4.78, 5) is 27.3. The third-order valence-electron chi connectivity index (χ3n) is 4.49. The molecule has 0 aliphatic carbocycles. The Morgan fingerprint density at radius 1 is 1.22 bits per heavy atom. The molecule has 9 heteroatoms. The molecule has 1 unspecified atom stereocenters. The van der Waals surface area contributed by atoms with Gasteiger partial charge in [0, 0.05) is 24.5 Å². The number of carbonyl (C=O) groups is 1. The van der Waals surface area contributed by atoms with Gasteiger partial charge in [-0.1, -0.05) is 6.07 Å². The van der Waals surface area contributed by atoms with Crippen molar-refractivity contribution in [2.24, 2.45) is 0 Å². The van der Waals surface area contributed by atoms with Crippen LogP contribution in [-0.4, -0.2) is 39.7 Å². The Bertz CT molecular complexity index is 1110. The summed E-state index contributed by atoms with van der Waals surface area (Å²) in [6.07, 6.45) is -0.0628. The third kappa shape index (κ3) is 2.99. The largest absolute Gasteiger partial charge is 0.391 e. The fraction of sp³-hybridized carbons (Fsp3) is 0.222. The zero-order valence-corrected chi connectivity index (χ0v) is 16.2. The molecular formula is C18H13BrF2N2O3S. The first kappa shape index (κ1) is 18.3. The van der Waals surface area contributed by atoms with E-state index in [-0.39, 0.29) is 17.3 Å². The van der Waals surface area contributed by atoms with E-state index >= 15 is 0 Å². The molecule has 1 amide bonds. The van der Waals surface area contributed by atoms with E-state index in [0.717, 1.165) is 28.0 Å². The molecule has 0 radical (unpaired) electrons. The summed E-state index contributed by atoms with van der Waals surface area (Å²) in [5, 5.41) is 10.2. The van der Waals surface area contributed by atoms with Crippen LogP contribution in [0.1, 0.15) is 16.1 Å². The molecule has 4 rings (SSSR count). The average molecular weight is 455 g/mol. The number of halogens is 3. The summed E-state index contributed by atoms with van der Waals surface area (Å²) >= 11 is 4.36. The lowest BCUT2D eigenvalue weighted by atomic mass is 10.2.